The van der Waals surface area contributed by atoms with Crippen LogP contribution in [-0.2, 0) is 6.42 Å². The van der Waals surface area contributed by atoms with Crippen molar-refractivity contribution >= 4 is 11.9 Å². The van der Waals surface area contributed by atoms with Gasteiger partial charge in [-0.05, 0) is 54.5 Å². The first-order chi connectivity index (χ1) is 13.1. The van der Waals surface area contributed by atoms with Crippen LogP contribution in [0.1, 0.15) is 24.5 Å². The van der Waals surface area contributed by atoms with E-state index >= 15 is 0 Å². The maximum Gasteiger partial charge on any atom is 0.0733 e. The fraction of sp³-hybridized carbons (Fsp3) is 0.160. The highest BCUT2D eigenvalue weighted by molar-refractivity contribution is 5.84. The maximum absolute atomic E-state index is 5.86. The Morgan fingerprint density at radius 1 is 0.963 bits per heavy atom. The molecule has 0 aliphatic carbocycles. The molecule has 2 heteroatoms. The third-order valence-electron chi connectivity index (χ3n) is 4.71. The third-order valence-corrected chi connectivity index (χ3v) is 4.71. The summed E-state index contributed by atoms with van der Waals surface area (Å²) in [6.07, 6.45) is 3.48. The van der Waals surface area contributed by atoms with Gasteiger partial charge < -0.3 is 5.73 Å². The Bertz CT molecular complexity index is 969. The van der Waals surface area contributed by atoms with Crippen molar-refractivity contribution in [2.24, 2.45) is 10.7 Å². The number of hydrogen-bond acceptors (Lipinski definition) is 2. The van der Waals surface area contributed by atoms with Gasteiger partial charge >= 0.3 is 0 Å². The lowest BCUT2D eigenvalue weighted by Crippen LogP contribution is -1.99. The molecule has 0 unspecified atom stereocenters. The van der Waals surface area contributed by atoms with E-state index in [9.17, 15) is 0 Å². The summed E-state index contributed by atoms with van der Waals surface area (Å²) in [5.74, 6) is 0. The maximum atomic E-state index is 5.86. The summed E-state index contributed by atoms with van der Waals surface area (Å²) in [5, 5.41) is 0. The lowest BCUT2D eigenvalue weighted by atomic mass is 9.91. The molecule has 2 N–H and O–H groups in total. The van der Waals surface area contributed by atoms with Gasteiger partial charge in [-0.2, -0.15) is 0 Å². The molecule has 27 heavy (non-hydrogen) atoms. The molecule has 0 fully saturated rings. The molecule has 0 radical (unpaired) electrons. The van der Waals surface area contributed by atoms with E-state index in [1.54, 1.807) is 0 Å². The second-order valence-corrected chi connectivity index (χ2v) is 6.75. The number of para-hydroxylation sites is 1. The van der Waals surface area contributed by atoms with Crippen LogP contribution < -0.4 is 5.73 Å². The Balaban J connectivity index is 2.15. The topological polar surface area (TPSA) is 38.4 Å². The number of nitrogens with two attached hydrogens (primary N) is 1. The van der Waals surface area contributed by atoms with Crippen molar-refractivity contribution in [3.05, 3.63) is 90.1 Å². The molecule has 0 saturated heterocycles. The fourth-order valence-corrected chi connectivity index (χ4v) is 3.35. The summed E-state index contributed by atoms with van der Waals surface area (Å²) < 4.78 is 0. The van der Waals surface area contributed by atoms with E-state index in [0.717, 1.165) is 24.1 Å². The monoisotopic (exact) mass is 354 g/mol. The average Bonchev–Trinajstić information content (AvgIpc) is 2.68. The van der Waals surface area contributed by atoms with Crippen molar-refractivity contribution in [2.75, 3.05) is 0 Å². The van der Waals surface area contributed by atoms with Gasteiger partial charge in [-0.15, -0.1) is 0 Å². The zero-order valence-electron chi connectivity index (χ0n) is 16.1. The van der Waals surface area contributed by atoms with E-state index in [4.69, 9.17) is 5.73 Å². The largest absolute Gasteiger partial charge is 0.403 e. The van der Waals surface area contributed by atoms with Gasteiger partial charge in [0, 0.05) is 17.5 Å². The van der Waals surface area contributed by atoms with Crippen LogP contribution in [0.3, 0.4) is 0 Å². The minimum absolute atomic E-state index is 0.710. The SMILES string of the molecule is C=C(N)CCc1cc(-c2ccccc2)ccc1-c1cccc(C)c1/N=C\C. The molecule has 0 heterocycles. The molecule has 136 valence electrons. The molecule has 2 nitrogen and oxygen atoms in total. The minimum atomic E-state index is 0.710. The van der Waals surface area contributed by atoms with Crippen molar-refractivity contribution in [3.63, 3.8) is 0 Å². The Kier molecular flexibility index (Phi) is 5.87. The summed E-state index contributed by atoms with van der Waals surface area (Å²) >= 11 is 0. The number of rotatable bonds is 6. The standard InChI is InChI=1S/C25H26N2/c1-4-27-25-18(2)9-8-12-24(25)23-16-15-21(20-10-6-5-7-11-20)17-22(23)14-13-19(3)26/h4-12,15-17H,3,13-14,26H2,1-2H3/b27-4-. The van der Waals surface area contributed by atoms with Gasteiger partial charge in [-0.25, -0.2) is 0 Å². The van der Waals surface area contributed by atoms with E-state index in [1.165, 1.54) is 27.8 Å². The van der Waals surface area contributed by atoms with Crippen LogP contribution in [0.4, 0.5) is 5.69 Å². The van der Waals surface area contributed by atoms with Crippen LogP contribution in [0.15, 0.2) is 84.0 Å². The second-order valence-electron chi connectivity index (χ2n) is 6.75. The number of aryl methyl sites for hydroxylation is 2. The molecule has 0 aliphatic rings. The van der Waals surface area contributed by atoms with Crippen LogP contribution in [-0.4, -0.2) is 6.21 Å². The highest BCUT2D eigenvalue weighted by atomic mass is 14.7. The Morgan fingerprint density at radius 3 is 2.44 bits per heavy atom. The quantitative estimate of drug-likeness (QED) is 0.507. The summed E-state index contributed by atoms with van der Waals surface area (Å²) in [6, 6.07) is 23.5. The van der Waals surface area contributed by atoms with Gasteiger partial charge in [0.2, 0.25) is 0 Å². The number of hydrogen-bond donors (Lipinski definition) is 1. The van der Waals surface area contributed by atoms with Crippen molar-refractivity contribution in [1.82, 2.24) is 0 Å². The minimum Gasteiger partial charge on any atom is -0.403 e. The number of nitrogens with zero attached hydrogens (tertiary/aromatic N) is 1. The Hall–Kier alpha value is -3.13. The first-order valence-corrected chi connectivity index (χ1v) is 9.30. The second kappa shape index (κ2) is 8.50. The van der Waals surface area contributed by atoms with Crippen LogP contribution in [0.25, 0.3) is 22.3 Å². The van der Waals surface area contributed by atoms with Crippen molar-refractivity contribution in [3.8, 4) is 22.3 Å². The Labute approximate surface area is 162 Å². The molecule has 0 aliphatic heterocycles. The highest BCUT2D eigenvalue weighted by Crippen LogP contribution is 2.37. The molecule has 0 spiro atoms. The molecule has 3 rings (SSSR count). The smallest absolute Gasteiger partial charge is 0.0733 e. The van der Waals surface area contributed by atoms with Crippen LogP contribution in [0, 0.1) is 6.92 Å². The molecule has 3 aromatic carbocycles. The first-order valence-electron chi connectivity index (χ1n) is 9.30. The normalized spacial score (nSPS) is 11.0. The Morgan fingerprint density at radius 2 is 1.74 bits per heavy atom. The summed E-state index contributed by atoms with van der Waals surface area (Å²) in [7, 11) is 0. The lowest BCUT2D eigenvalue weighted by molar-refractivity contribution is 0.933. The van der Waals surface area contributed by atoms with E-state index in [1.807, 2.05) is 19.2 Å². The van der Waals surface area contributed by atoms with Crippen molar-refractivity contribution < 1.29 is 0 Å². The third kappa shape index (κ3) is 4.35. The zero-order valence-corrected chi connectivity index (χ0v) is 16.1. The molecule has 3 aromatic rings. The summed E-state index contributed by atoms with van der Waals surface area (Å²) in [5.41, 5.74) is 14.8. The predicted octanol–water partition coefficient (Wildman–Crippen LogP) is 6.46. The number of benzene rings is 3. The van der Waals surface area contributed by atoms with Gasteiger partial charge in [0.25, 0.3) is 0 Å². The predicted molar refractivity (Wildman–Crippen MR) is 118 cm³/mol. The van der Waals surface area contributed by atoms with Gasteiger partial charge in [0.1, 0.15) is 0 Å². The van der Waals surface area contributed by atoms with Crippen LogP contribution in [0.2, 0.25) is 0 Å². The van der Waals surface area contributed by atoms with Gasteiger partial charge in [0.15, 0.2) is 0 Å². The number of allylic oxidation sites excluding steroid dienone is 1. The molecular formula is C25H26N2. The number of aliphatic imine (C=N–C) groups is 1. The van der Waals surface area contributed by atoms with Gasteiger partial charge in [0.05, 0.1) is 5.69 Å². The fourth-order valence-electron chi connectivity index (χ4n) is 3.35. The van der Waals surface area contributed by atoms with Gasteiger partial charge in [-0.1, -0.05) is 73.3 Å². The average molecular weight is 354 g/mol. The van der Waals surface area contributed by atoms with E-state index < -0.39 is 0 Å². The molecular weight excluding hydrogens is 328 g/mol. The molecule has 0 atom stereocenters. The van der Waals surface area contributed by atoms with Crippen molar-refractivity contribution in [1.29, 1.82) is 0 Å². The first kappa shape index (κ1) is 18.7. The zero-order chi connectivity index (χ0) is 19.2. The van der Waals surface area contributed by atoms with Crippen LogP contribution >= 0.6 is 0 Å². The molecule has 0 amide bonds. The van der Waals surface area contributed by atoms with Crippen molar-refractivity contribution in [2.45, 2.75) is 26.7 Å². The highest BCUT2D eigenvalue weighted by Gasteiger charge is 2.12. The molecule has 0 aromatic heterocycles. The van der Waals surface area contributed by atoms with E-state index in [-0.39, 0.29) is 0 Å². The van der Waals surface area contributed by atoms with E-state index in [0.29, 0.717) is 5.70 Å². The molecule has 0 bridgehead atoms. The van der Waals surface area contributed by atoms with E-state index in [2.05, 4.69) is 79.2 Å². The summed E-state index contributed by atoms with van der Waals surface area (Å²) in [6.45, 7) is 7.92. The van der Waals surface area contributed by atoms with Gasteiger partial charge in [-0.3, -0.25) is 4.99 Å². The summed E-state index contributed by atoms with van der Waals surface area (Å²) in [4.78, 5) is 4.63. The lowest BCUT2D eigenvalue weighted by Gasteiger charge is -2.15. The van der Waals surface area contributed by atoms with Crippen LogP contribution in [0.5, 0.6) is 0 Å². The molecule has 0 saturated carbocycles.